The lowest BCUT2D eigenvalue weighted by molar-refractivity contribution is 0.0750. The van der Waals surface area contributed by atoms with Crippen molar-refractivity contribution < 1.29 is 9.32 Å². The van der Waals surface area contributed by atoms with E-state index in [1.54, 1.807) is 34.8 Å². The molecule has 8 heteroatoms. The van der Waals surface area contributed by atoms with Crippen LogP contribution in [0.1, 0.15) is 22.7 Å². The van der Waals surface area contributed by atoms with Gasteiger partial charge in [-0.3, -0.25) is 4.79 Å². The van der Waals surface area contributed by atoms with Crippen molar-refractivity contribution in [1.82, 2.24) is 24.7 Å². The highest BCUT2D eigenvalue weighted by molar-refractivity contribution is 5.91. The summed E-state index contributed by atoms with van der Waals surface area (Å²) in [6, 6.07) is 5.63. The number of rotatable bonds is 3. The van der Waals surface area contributed by atoms with E-state index >= 15 is 0 Å². The molecule has 1 aliphatic heterocycles. The lowest BCUT2D eigenvalue weighted by Crippen LogP contribution is -2.31. The topological polar surface area (TPSA) is 88.6 Å². The lowest BCUT2D eigenvalue weighted by atomic mass is 10.2. The van der Waals surface area contributed by atoms with Gasteiger partial charge in [0, 0.05) is 37.6 Å². The predicted octanol–water partition coefficient (Wildman–Crippen LogP) is 1.35. The van der Waals surface area contributed by atoms with Gasteiger partial charge in [-0.15, -0.1) is 5.10 Å². The van der Waals surface area contributed by atoms with E-state index < -0.39 is 0 Å². The number of hydrogen-bond donors (Lipinski definition) is 1. The van der Waals surface area contributed by atoms with Crippen molar-refractivity contribution in [3.8, 4) is 0 Å². The highest BCUT2D eigenvalue weighted by Gasteiger charge is 2.29. The van der Waals surface area contributed by atoms with Gasteiger partial charge in [-0.25, -0.2) is 9.50 Å². The van der Waals surface area contributed by atoms with Crippen molar-refractivity contribution in [3.63, 3.8) is 0 Å². The van der Waals surface area contributed by atoms with Gasteiger partial charge in [-0.05, 0) is 25.5 Å². The van der Waals surface area contributed by atoms with Crippen LogP contribution in [0, 0.1) is 6.92 Å². The first-order chi connectivity index (χ1) is 11.2. The number of anilines is 1. The maximum atomic E-state index is 12.3. The monoisotopic (exact) mass is 312 g/mol. The second-order valence-corrected chi connectivity index (χ2v) is 5.66. The van der Waals surface area contributed by atoms with Crippen LogP contribution in [0.5, 0.6) is 0 Å². The number of aromatic nitrogens is 4. The molecule has 0 saturated carbocycles. The third-order valence-corrected chi connectivity index (χ3v) is 3.92. The summed E-state index contributed by atoms with van der Waals surface area (Å²) in [5, 5.41) is 11.6. The van der Waals surface area contributed by atoms with E-state index in [4.69, 9.17) is 4.52 Å². The van der Waals surface area contributed by atoms with E-state index in [1.165, 1.54) is 0 Å². The molecule has 23 heavy (non-hydrogen) atoms. The Hall–Kier alpha value is -2.90. The smallest absolute Gasteiger partial charge is 0.292 e. The Balaban J connectivity index is 1.42. The van der Waals surface area contributed by atoms with Crippen LogP contribution < -0.4 is 5.32 Å². The molecule has 1 aliphatic rings. The standard InChI is InChI=1S/C15H16N6O2/c1-10-8-12(23-19-10)15(22)20-6-4-11(9-20)17-13-2-3-14-16-5-7-21(14)18-13/h2-3,5,7-8,11H,4,6,9H2,1H3,(H,17,18). The summed E-state index contributed by atoms with van der Waals surface area (Å²) in [6.45, 7) is 3.10. The molecule has 0 aliphatic carbocycles. The molecule has 1 amide bonds. The summed E-state index contributed by atoms with van der Waals surface area (Å²) in [4.78, 5) is 18.3. The average Bonchev–Trinajstić information content (AvgIpc) is 3.26. The molecule has 8 nitrogen and oxygen atoms in total. The van der Waals surface area contributed by atoms with E-state index in [9.17, 15) is 4.79 Å². The molecule has 118 valence electrons. The first-order valence-electron chi connectivity index (χ1n) is 7.48. The van der Waals surface area contributed by atoms with Crippen LogP contribution in [0.25, 0.3) is 5.65 Å². The number of carbonyl (C=O) groups excluding carboxylic acids is 1. The van der Waals surface area contributed by atoms with E-state index in [1.807, 2.05) is 12.1 Å². The Morgan fingerprint density at radius 3 is 3.17 bits per heavy atom. The Labute approximate surface area is 132 Å². The summed E-state index contributed by atoms with van der Waals surface area (Å²) < 4.78 is 6.77. The van der Waals surface area contributed by atoms with E-state index in [0.29, 0.717) is 24.5 Å². The Bertz CT molecular complexity index is 854. The first kappa shape index (κ1) is 13.7. The molecule has 1 unspecified atom stereocenters. The fourth-order valence-electron chi connectivity index (χ4n) is 2.78. The van der Waals surface area contributed by atoms with Gasteiger partial charge in [0.2, 0.25) is 5.76 Å². The molecule has 3 aromatic rings. The fourth-order valence-corrected chi connectivity index (χ4v) is 2.78. The molecular weight excluding hydrogens is 296 g/mol. The maximum absolute atomic E-state index is 12.3. The quantitative estimate of drug-likeness (QED) is 0.785. The van der Waals surface area contributed by atoms with Crippen molar-refractivity contribution >= 4 is 17.4 Å². The average molecular weight is 312 g/mol. The highest BCUT2D eigenvalue weighted by atomic mass is 16.5. The summed E-state index contributed by atoms with van der Waals surface area (Å²) in [5.41, 5.74) is 1.51. The predicted molar refractivity (Wildman–Crippen MR) is 82.2 cm³/mol. The fraction of sp³-hybridized carbons (Fsp3) is 0.333. The van der Waals surface area contributed by atoms with E-state index in [2.05, 4.69) is 20.6 Å². The third kappa shape index (κ3) is 2.63. The van der Waals surface area contributed by atoms with Crippen LogP contribution in [0.2, 0.25) is 0 Å². The Morgan fingerprint density at radius 2 is 2.35 bits per heavy atom. The number of hydrogen-bond acceptors (Lipinski definition) is 6. The molecule has 0 spiro atoms. The van der Waals surface area contributed by atoms with Gasteiger partial charge in [0.05, 0.1) is 5.69 Å². The third-order valence-electron chi connectivity index (χ3n) is 3.92. The van der Waals surface area contributed by atoms with Gasteiger partial charge in [-0.2, -0.15) is 0 Å². The van der Waals surface area contributed by atoms with Crippen LogP contribution >= 0.6 is 0 Å². The van der Waals surface area contributed by atoms with E-state index in [0.717, 1.165) is 17.9 Å². The summed E-state index contributed by atoms with van der Waals surface area (Å²) in [5.74, 6) is 0.944. The molecule has 1 fully saturated rings. The first-order valence-corrected chi connectivity index (χ1v) is 7.48. The maximum Gasteiger partial charge on any atom is 0.292 e. The SMILES string of the molecule is Cc1cc(C(=O)N2CCC(Nc3ccc4nccn4n3)C2)on1. The van der Waals surface area contributed by atoms with Crippen LogP contribution in [0.15, 0.2) is 35.1 Å². The second kappa shape index (κ2) is 5.38. The number of carbonyl (C=O) groups is 1. The van der Waals surface area contributed by atoms with Crippen molar-refractivity contribution in [2.45, 2.75) is 19.4 Å². The molecule has 3 aromatic heterocycles. The van der Waals surface area contributed by atoms with Gasteiger partial charge >= 0.3 is 0 Å². The number of amides is 1. The zero-order valence-electron chi connectivity index (χ0n) is 12.6. The molecule has 0 bridgehead atoms. The zero-order valence-corrected chi connectivity index (χ0v) is 12.6. The normalized spacial score (nSPS) is 17.8. The van der Waals surface area contributed by atoms with Gasteiger partial charge < -0.3 is 14.7 Å². The number of aryl methyl sites for hydroxylation is 1. The summed E-state index contributed by atoms with van der Waals surface area (Å²) >= 11 is 0. The van der Waals surface area contributed by atoms with Gasteiger partial charge in [0.15, 0.2) is 5.65 Å². The second-order valence-electron chi connectivity index (χ2n) is 5.66. The molecule has 1 N–H and O–H groups in total. The minimum Gasteiger partial charge on any atom is -0.364 e. The van der Waals surface area contributed by atoms with Crippen LogP contribution in [-0.4, -0.2) is 49.7 Å². The molecule has 0 aromatic carbocycles. The number of nitrogens with zero attached hydrogens (tertiary/aromatic N) is 5. The Kier molecular flexibility index (Phi) is 3.22. The van der Waals surface area contributed by atoms with Crippen LogP contribution in [0.4, 0.5) is 5.82 Å². The van der Waals surface area contributed by atoms with Crippen LogP contribution in [0.3, 0.4) is 0 Å². The lowest BCUT2D eigenvalue weighted by Gasteiger charge is -2.16. The molecule has 4 heterocycles. The molecule has 1 saturated heterocycles. The molecule has 1 atom stereocenters. The number of nitrogens with one attached hydrogen (secondary N) is 1. The molecule has 0 radical (unpaired) electrons. The number of likely N-dealkylation sites (tertiary alicyclic amines) is 1. The summed E-state index contributed by atoms with van der Waals surface area (Å²) in [6.07, 6.45) is 4.38. The summed E-state index contributed by atoms with van der Waals surface area (Å²) in [7, 11) is 0. The van der Waals surface area contributed by atoms with Gasteiger partial charge in [-0.1, -0.05) is 5.16 Å². The van der Waals surface area contributed by atoms with Crippen molar-refractivity contribution in [2.24, 2.45) is 0 Å². The number of imidazole rings is 1. The van der Waals surface area contributed by atoms with Gasteiger partial charge in [0.1, 0.15) is 5.82 Å². The van der Waals surface area contributed by atoms with Gasteiger partial charge in [0.25, 0.3) is 5.91 Å². The Morgan fingerprint density at radius 1 is 1.43 bits per heavy atom. The minimum atomic E-state index is -0.118. The largest absolute Gasteiger partial charge is 0.364 e. The van der Waals surface area contributed by atoms with Crippen molar-refractivity contribution in [1.29, 1.82) is 0 Å². The minimum absolute atomic E-state index is 0.118. The number of fused-ring (bicyclic) bond motifs is 1. The molecule has 4 rings (SSSR count). The zero-order chi connectivity index (χ0) is 15.8. The van der Waals surface area contributed by atoms with Crippen LogP contribution in [-0.2, 0) is 0 Å². The van der Waals surface area contributed by atoms with E-state index in [-0.39, 0.29) is 11.9 Å². The van der Waals surface area contributed by atoms with Crippen molar-refractivity contribution in [2.75, 3.05) is 18.4 Å². The van der Waals surface area contributed by atoms with Crippen molar-refractivity contribution in [3.05, 3.63) is 42.0 Å². The molecular formula is C15H16N6O2. The highest BCUT2D eigenvalue weighted by Crippen LogP contribution is 2.17.